The van der Waals surface area contributed by atoms with Gasteiger partial charge < -0.3 is 10.6 Å². The number of nitrogens with one attached hydrogen (secondary N) is 2. The van der Waals surface area contributed by atoms with Gasteiger partial charge in [0.05, 0.1) is 5.69 Å². The highest BCUT2D eigenvalue weighted by Crippen LogP contribution is 2.42. The fraction of sp³-hybridized carbons (Fsp3) is 0.550. The van der Waals surface area contributed by atoms with Crippen LogP contribution in [0.2, 0.25) is 0 Å². The lowest BCUT2D eigenvalue weighted by Gasteiger charge is -2.41. The van der Waals surface area contributed by atoms with Crippen molar-refractivity contribution < 1.29 is 0 Å². The number of halogens is 1. The van der Waals surface area contributed by atoms with E-state index in [4.69, 9.17) is 0 Å². The molecule has 2 aromatic rings. The van der Waals surface area contributed by atoms with Crippen LogP contribution in [0.3, 0.4) is 0 Å². The van der Waals surface area contributed by atoms with Gasteiger partial charge in [-0.25, -0.2) is 9.67 Å². The molecule has 1 aliphatic carbocycles. The van der Waals surface area contributed by atoms with Gasteiger partial charge in [0.15, 0.2) is 11.8 Å². The lowest BCUT2D eigenvalue weighted by molar-refractivity contribution is 0.131. The molecular formula is C20H31IN6. The number of aliphatic imine (C=N–C) groups is 1. The molecule has 0 bridgehead atoms. The van der Waals surface area contributed by atoms with Crippen LogP contribution in [-0.2, 0) is 6.54 Å². The average molecular weight is 482 g/mol. The number of nitrogens with zero attached hydrogens (tertiary/aromatic N) is 4. The lowest BCUT2D eigenvalue weighted by Crippen LogP contribution is -2.46. The first-order chi connectivity index (χ1) is 12.5. The normalized spacial score (nSPS) is 15.6. The van der Waals surface area contributed by atoms with Crippen LogP contribution in [0, 0.1) is 19.3 Å². The van der Waals surface area contributed by atoms with Gasteiger partial charge in [-0.05, 0) is 56.2 Å². The standard InChI is InChI=1S/C20H30N6.HI/c1-5-20(9-6-10-20)14-24-19(21-4)23-13-17-7-8-18(22-12-17)26-16(3)11-15(2)25-26;/h7-8,11-12H,5-6,9-10,13-14H2,1-4H3,(H2,21,23,24);1H. The third-order valence-electron chi connectivity index (χ3n) is 5.51. The number of hydrogen-bond acceptors (Lipinski definition) is 3. The third kappa shape index (κ3) is 5.21. The van der Waals surface area contributed by atoms with Gasteiger partial charge in [-0.1, -0.05) is 19.4 Å². The number of aryl methyl sites for hydroxylation is 2. The summed E-state index contributed by atoms with van der Waals surface area (Å²) >= 11 is 0. The van der Waals surface area contributed by atoms with E-state index in [-0.39, 0.29) is 24.0 Å². The molecule has 0 amide bonds. The number of rotatable bonds is 6. The van der Waals surface area contributed by atoms with E-state index in [1.807, 2.05) is 37.8 Å². The molecule has 0 spiro atoms. The summed E-state index contributed by atoms with van der Waals surface area (Å²) in [6, 6.07) is 6.14. The molecule has 2 heterocycles. The Kier molecular flexibility index (Phi) is 7.64. The van der Waals surface area contributed by atoms with Gasteiger partial charge in [0.25, 0.3) is 0 Å². The molecule has 1 fully saturated rings. The van der Waals surface area contributed by atoms with Crippen molar-refractivity contribution in [3.8, 4) is 5.82 Å². The Bertz CT molecular complexity index is 756. The van der Waals surface area contributed by atoms with Crippen molar-refractivity contribution in [2.45, 2.75) is 53.0 Å². The van der Waals surface area contributed by atoms with E-state index in [0.717, 1.165) is 35.3 Å². The molecule has 27 heavy (non-hydrogen) atoms. The van der Waals surface area contributed by atoms with Crippen LogP contribution in [0.25, 0.3) is 5.82 Å². The SMILES string of the molecule is CCC1(CNC(=NC)NCc2ccc(-n3nc(C)cc3C)nc2)CCC1.I. The van der Waals surface area contributed by atoms with Crippen LogP contribution in [0.5, 0.6) is 0 Å². The predicted molar refractivity (Wildman–Crippen MR) is 121 cm³/mol. The second-order valence-corrected chi connectivity index (χ2v) is 7.35. The Hall–Kier alpha value is -1.64. The monoisotopic (exact) mass is 482 g/mol. The fourth-order valence-corrected chi connectivity index (χ4v) is 3.52. The highest BCUT2D eigenvalue weighted by Gasteiger charge is 2.34. The maximum Gasteiger partial charge on any atom is 0.191 e. The molecule has 1 aliphatic rings. The Morgan fingerprint density at radius 3 is 2.52 bits per heavy atom. The number of aromatic nitrogens is 3. The maximum absolute atomic E-state index is 4.55. The minimum absolute atomic E-state index is 0. The third-order valence-corrected chi connectivity index (χ3v) is 5.51. The zero-order chi connectivity index (χ0) is 18.6. The average Bonchev–Trinajstić information content (AvgIpc) is 2.95. The Morgan fingerprint density at radius 1 is 1.26 bits per heavy atom. The molecular weight excluding hydrogens is 451 g/mol. The van der Waals surface area contributed by atoms with Gasteiger partial charge >= 0.3 is 0 Å². The highest BCUT2D eigenvalue weighted by molar-refractivity contribution is 14.0. The summed E-state index contributed by atoms with van der Waals surface area (Å²) in [6.45, 7) is 8.01. The lowest BCUT2D eigenvalue weighted by atomic mass is 9.67. The minimum Gasteiger partial charge on any atom is -0.356 e. The number of hydrogen-bond donors (Lipinski definition) is 2. The summed E-state index contributed by atoms with van der Waals surface area (Å²) in [6.07, 6.45) is 7.13. The summed E-state index contributed by atoms with van der Waals surface area (Å²) in [5.41, 5.74) is 3.68. The van der Waals surface area contributed by atoms with Crippen molar-refractivity contribution in [1.82, 2.24) is 25.4 Å². The van der Waals surface area contributed by atoms with Gasteiger partial charge in [0, 0.05) is 32.0 Å². The van der Waals surface area contributed by atoms with Gasteiger partial charge in [0.2, 0.25) is 0 Å². The van der Waals surface area contributed by atoms with Gasteiger partial charge in [0.1, 0.15) is 0 Å². The highest BCUT2D eigenvalue weighted by atomic mass is 127. The molecule has 0 aliphatic heterocycles. The van der Waals surface area contributed by atoms with Crippen LogP contribution < -0.4 is 10.6 Å². The molecule has 0 unspecified atom stereocenters. The number of pyridine rings is 1. The zero-order valence-corrected chi connectivity index (χ0v) is 19.1. The Morgan fingerprint density at radius 2 is 2.04 bits per heavy atom. The van der Waals surface area contributed by atoms with E-state index in [1.165, 1.54) is 25.7 Å². The molecule has 1 saturated carbocycles. The Balaban J connectivity index is 0.00000261. The van der Waals surface area contributed by atoms with E-state index in [0.29, 0.717) is 12.0 Å². The minimum atomic E-state index is 0. The molecule has 0 atom stereocenters. The first-order valence-electron chi connectivity index (χ1n) is 9.48. The maximum atomic E-state index is 4.55. The quantitative estimate of drug-likeness (QED) is 0.374. The van der Waals surface area contributed by atoms with Crippen molar-refractivity contribution in [3.05, 3.63) is 41.3 Å². The summed E-state index contributed by atoms with van der Waals surface area (Å²) in [7, 11) is 1.82. The largest absolute Gasteiger partial charge is 0.356 e. The van der Waals surface area contributed by atoms with E-state index in [2.05, 4.69) is 44.8 Å². The topological polar surface area (TPSA) is 67.1 Å². The van der Waals surface area contributed by atoms with Crippen molar-refractivity contribution >= 4 is 29.9 Å². The van der Waals surface area contributed by atoms with Crippen LogP contribution in [0.1, 0.15) is 49.6 Å². The molecule has 6 nitrogen and oxygen atoms in total. The van der Waals surface area contributed by atoms with Crippen molar-refractivity contribution in [3.63, 3.8) is 0 Å². The van der Waals surface area contributed by atoms with Gasteiger partial charge in [-0.15, -0.1) is 24.0 Å². The van der Waals surface area contributed by atoms with Crippen molar-refractivity contribution in [2.75, 3.05) is 13.6 Å². The van der Waals surface area contributed by atoms with Crippen molar-refractivity contribution in [2.24, 2.45) is 10.4 Å². The Labute approximate surface area is 179 Å². The molecule has 2 aromatic heterocycles. The van der Waals surface area contributed by atoms with E-state index in [9.17, 15) is 0 Å². The molecule has 0 saturated heterocycles. The second kappa shape index (κ2) is 9.52. The first kappa shape index (κ1) is 21.7. The molecule has 7 heteroatoms. The van der Waals surface area contributed by atoms with Crippen LogP contribution in [0.4, 0.5) is 0 Å². The second-order valence-electron chi connectivity index (χ2n) is 7.35. The van der Waals surface area contributed by atoms with E-state index < -0.39 is 0 Å². The summed E-state index contributed by atoms with van der Waals surface area (Å²) in [5, 5.41) is 11.3. The van der Waals surface area contributed by atoms with Gasteiger partial charge in [-0.3, -0.25) is 4.99 Å². The number of guanidine groups is 1. The van der Waals surface area contributed by atoms with Gasteiger partial charge in [-0.2, -0.15) is 5.10 Å². The summed E-state index contributed by atoms with van der Waals surface area (Å²) in [4.78, 5) is 8.89. The molecule has 2 N–H and O–H groups in total. The van der Waals surface area contributed by atoms with Crippen LogP contribution in [-0.4, -0.2) is 34.3 Å². The van der Waals surface area contributed by atoms with Crippen LogP contribution in [0.15, 0.2) is 29.4 Å². The molecule has 148 valence electrons. The van der Waals surface area contributed by atoms with Crippen molar-refractivity contribution in [1.29, 1.82) is 0 Å². The fourth-order valence-electron chi connectivity index (χ4n) is 3.52. The first-order valence-corrected chi connectivity index (χ1v) is 9.48. The molecule has 0 aromatic carbocycles. The zero-order valence-electron chi connectivity index (χ0n) is 16.7. The summed E-state index contributed by atoms with van der Waals surface area (Å²) < 4.78 is 1.87. The molecule has 0 radical (unpaired) electrons. The van der Waals surface area contributed by atoms with E-state index >= 15 is 0 Å². The predicted octanol–water partition coefficient (Wildman–Crippen LogP) is 3.75. The molecule has 3 rings (SSSR count). The summed E-state index contributed by atoms with van der Waals surface area (Å²) in [5.74, 6) is 1.70. The smallest absolute Gasteiger partial charge is 0.191 e. The van der Waals surface area contributed by atoms with Crippen LogP contribution >= 0.6 is 24.0 Å². The van der Waals surface area contributed by atoms with E-state index in [1.54, 1.807) is 0 Å².